The third-order valence-corrected chi connectivity index (χ3v) is 3.49. The molecule has 0 bridgehead atoms. The zero-order valence-electron chi connectivity index (χ0n) is 14.1. The Bertz CT molecular complexity index is 324. The fraction of sp³-hybridized carbons (Fsp3) is 0.824. The summed E-state index contributed by atoms with van der Waals surface area (Å²) in [6.45, 7) is 9.70. The van der Waals surface area contributed by atoms with Crippen molar-refractivity contribution in [2.75, 3.05) is 26.2 Å². The van der Waals surface area contributed by atoms with E-state index in [4.69, 9.17) is 4.74 Å². The molecule has 1 aliphatic rings. The molecule has 4 heteroatoms. The van der Waals surface area contributed by atoms with Crippen LogP contribution in [0.4, 0.5) is 0 Å². The quantitative estimate of drug-likeness (QED) is 0.297. The second-order valence-electron chi connectivity index (χ2n) is 5.82. The van der Waals surface area contributed by atoms with Crippen molar-refractivity contribution in [1.82, 2.24) is 10.6 Å². The molecular formula is C17H33N3O. The zero-order chi connectivity index (χ0) is 15.3. The van der Waals surface area contributed by atoms with Crippen molar-refractivity contribution in [2.45, 2.75) is 65.4 Å². The number of nitrogens with zero attached hydrogens (tertiary/aromatic N) is 1. The fourth-order valence-electron chi connectivity index (χ4n) is 2.39. The first-order valence-electron chi connectivity index (χ1n) is 8.54. The summed E-state index contributed by atoms with van der Waals surface area (Å²) in [5, 5.41) is 6.72. The van der Waals surface area contributed by atoms with Crippen LogP contribution >= 0.6 is 0 Å². The van der Waals surface area contributed by atoms with Gasteiger partial charge < -0.3 is 15.4 Å². The largest absolute Gasteiger partial charge is 0.379 e. The lowest BCUT2D eigenvalue weighted by atomic mass is 9.97. The number of hydrogen-bond acceptors (Lipinski definition) is 2. The Hall–Kier alpha value is -1.03. The van der Waals surface area contributed by atoms with E-state index in [1.807, 2.05) is 0 Å². The van der Waals surface area contributed by atoms with Gasteiger partial charge in [-0.1, -0.05) is 11.6 Å². The molecule has 122 valence electrons. The van der Waals surface area contributed by atoms with Crippen LogP contribution in [0.2, 0.25) is 0 Å². The van der Waals surface area contributed by atoms with Crippen LogP contribution in [0, 0.1) is 0 Å². The highest BCUT2D eigenvalue weighted by molar-refractivity contribution is 5.79. The summed E-state index contributed by atoms with van der Waals surface area (Å²) in [6, 6.07) is 0. The normalized spacial score (nSPS) is 16.0. The molecule has 0 amide bonds. The molecule has 0 aromatic rings. The summed E-state index contributed by atoms with van der Waals surface area (Å²) >= 11 is 0. The Morgan fingerprint density at radius 2 is 2.19 bits per heavy atom. The zero-order valence-corrected chi connectivity index (χ0v) is 14.1. The molecule has 0 aliphatic heterocycles. The topological polar surface area (TPSA) is 45.7 Å². The van der Waals surface area contributed by atoms with Crippen molar-refractivity contribution in [3.63, 3.8) is 0 Å². The molecule has 0 aromatic carbocycles. The molecule has 0 aromatic heterocycles. The molecule has 0 radical (unpaired) electrons. The summed E-state index contributed by atoms with van der Waals surface area (Å²) in [4.78, 5) is 4.59. The van der Waals surface area contributed by atoms with Gasteiger partial charge in [-0.25, -0.2) is 0 Å². The van der Waals surface area contributed by atoms with E-state index in [1.54, 1.807) is 5.57 Å². The molecular weight excluding hydrogens is 262 g/mol. The highest BCUT2D eigenvalue weighted by Crippen LogP contribution is 2.19. The van der Waals surface area contributed by atoms with E-state index < -0.39 is 0 Å². The second-order valence-corrected chi connectivity index (χ2v) is 5.82. The van der Waals surface area contributed by atoms with Crippen molar-refractivity contribution in [1.29, 1.82) is 0 Å². The van der Waals surface area contributed by atoms with Gasteiger partial charge in [-0.2, -0.15) is 0 Å². The molecule has 0 saturated carbocycles. The number of allylic oxidation sites excluding steroid dienone is 1. The van der Waals surface area contributed by atoms with Gasteiger partial charge in [0.2, 0.25) is 0 Å². The maximum atomic E-state index is 5.53. The summed E-state index contributed by atoms with van der Waals surface area (Å²) in [6.07, 6.45) is 10.1. The highest BCUT2D eigenvalue weighted by atomic mass is 16.5. The SMILES string of the molecule is CCNC(=NCCCOC(C)C)NCCC1=CCCCC1. The van der Waals surface area contributed by atoms with Crippen LogP contribution < -0.4 is 10.6 Å². The number of aliphatic imine (C=N–C) groups is 1. The minimum absolute atomic E-state index is 0.309. The van der Waals surface area contributed by atoms with E-state index in [0.717, 1.165) is 45.0 Å². The maximum Gasteiger partial charge on any atom is 0.191 e. The van der Waals surface area contributed by atoms with Crippen molar-refractivity contribution < 1.29 is 4.74 Å². The molecule has 1 rings (SSSR count). The van der Waals surface area contributed by atoms with Crippen LogP contribution in [-0.2, 0) is 4.74 Å². The number of ether oxygens (including phenoxy) is 1. The highest BCUT2D eigenvalue weighted by Gasteiger charge is 2.04. The Morgan fingerprint density at radius 1 is 1.33 bits per heavy atom. The Morgan fingerprint density at radius 3 is 2.86 bits per heavy atom. The van der Waals surface area contributed by atoms with Crippen molar-refractivity contribution in [3.8, 4) is 0 Å². The van der Waals surface area contributed by atoms with Gasteiger partial charge in [0.05, 0.1) is 6.10 Å². The average Bonchev–Trinajstić information content (AvgIpc) is 2.47. The van der Waals surface area contributed by atoms with Gasteiger partial charge in [0.15, 0.2) is 5.96 Å². The van der Waals surface area contributed by atoms with E-state index in [-0.39, 0.29) is 0 Å². The third-order valence-electron chi connectivity index (χ3n) is 3.49. The minimum atomic E-state index is 0.309. The van der Waals surface area contributed by atoms with Gasteiger partial charge in [-0.3, -0.25) is 4.99 Å². The molecule has 0 spiro atoms. The van der Waals surface area contributed by atoms with Gasteiger partial charge in [0.25, 0.3) is 0 Å². The average molecular weight is 295 g/mol. The summed E-state index contributed by atoms with van der Waals surface area (Å²) < 4.78 is 5.53. The second kappa shape index (κ2) is 11.6. The van der Waals surface area contributed by atoms with Gasteiger partial charge in [0, 0.05) is 26.2 Å². The molecule has 0 unspecified atom stereocenters. The van der Waals surface area contributed by atoms with Crippen LogP contribution in [0.1, 0.15) is 59.3 Å². The molecule has 0 saturated heterocycles. The molecule has 0 fully saturated rings. The summed E-state index contributed by atoms with van der Waals surface area (Å²) in [5.74, 6) is 0.929. The lowest BCUT2D eigenvalue weighted by Gasteiger charge is -2.15. The monoisotopic (exact) mass is 295 g/mol. The van der Waals surface area contributed by atoms with Crippen LogP contribution in [0.3, 0.4) is 0 Å². The first-order valence-corrected chi connectivity index (χ1v) is 8.54. The van der Waals surface area contributed by atoms with Gasteiger partial charge in [0.1, 0.15) is 0 Å². The Balaban J connectivity index is 2.19. The van der Waals surface area contributed by atoms with E-state index in [1.165, 1.54) is 25.7 Å². The molecule has 0 atom stereocenters. The predicted molar refractivity (Wildman–Crippen MR) is 90.9 cm³/mol. The molecule has 0 heterocycles. The van der Waals surface area contributed by atoms with E-state index in [2.05, 4.69) is 42.5 Å². The summed E-state index contributed by atoms with van der Waals surface area (Å²) in [5.41, 5.74) is 1.61. The molecule has 21 heavy (non-hydrogen) atoms. The maximum absolute atomic E-state index is 5.53. The van der Waals surface area contributed by atoms with Crippen LogP contribution in [-0.4, -0.2) is 38.3 Å². The number of nitrogens with one attached hydrogen (secondary N) is 2. The Kier molecular flexibility index (Phi) is 9.96. The van der Waals surface area contributed by atoms with Gasteiger partial charge >= 0.3 is 0 Å². The number of hydrogen-bond donors (Lipinski definition) is 2. The van der Waals surface area contributed by atoms with Crippen LogP contribution in [0.15, 0.2) is 16.6 Å². The van der Waals surface area contributed by atoms with E-state index in [9.17, 15) is 0 Å². The van der Waals surface area contributed by atoms with E-state index >= 15 is 0 Å². The van der Waals surface area contributed by atoms with Crippen LogP contribution in [0.5, 0.6) is 0 Å². The molecule has 4 nitrogen and oxygen atoms in total. The summed E-state index contributed by atoms with van der Waals surface area (Å²) in [7, 11) is 0. The minimum Gasteiger partial charge on any atom is -0.379 e. The van der Waals surface area contributed by atoms with Gasteiger partial charge in [-0.15, -0.1) is 0 Å². The van der Waals surface area contributed by atoms with Crippen LogP contribution in [0.25, 0.3) is 0 Å². The van der Waals surface area contributed by atoms with Gasteiger partial charge in [-0.05, 0) is 59.3 Å². The first-order chi connectivity index (χ1) is 10.2. The molecule has 2 N–H and O–H groups in total. The number of guanidine groups is 1. The first kappa shape index (κ1) is 18.0. The lowest BCUT2D eigenvalue weighted by Crippen LogP contribution is -2.38. The Labute approximate surface area is 130 Å². The smallest absolute Gasteiger partial charge is 0.191 e. The fourth-order valence-corrected chi connectivity index (χ4v) is 2.39. The van der Waals surface area contributed by atoms with Crippen molar-refractivity contribution >= 4 is 5.96 Å². The standard InChI is InChI=1S/C17H33N3O/c1-4-18-17(19-12-8-14-21-15(2)3)20-13-11-16-9-6-5-7-10-16/h9,15H,4-8,10-14H2,1-3H3,(H2,18,19,20). The van der Waals surface area contributed by atoms with Crippen molar-refractivity contribution in [3.05, 3.63) is 11.6 Å². The molecule has 1 aliphatic carbocycles. The van der Waals surface area contributed by atoms with Crippen molar-refractivity contribution in [2.24, 2.45) is 4.99 Å². The third kappa shape index (κ3) is 9.51. The number of rotatable bonds is 9. The van der Waals surface area contributed by atoms with E-state index in [0.29, 0.717) is 6.10 Å². The lowest BCUT2D eigenvalue weighted by molar-refractivity contribution is 0.0782. The predicted octanol–water partition coefficient (Wildman–Crippen LogP) is 3.25.